The van der Waals surface area contributed by atoms with Crippen molar-refractivity contribution in [3.63, 3.8) is 0 Å². The van der Waals surface area contributed by atoms with E-state index in [9.17, 15) is 10.5 Å². The maximum Gasteiger partial charge on any atom is 0.0998 e. The second kappa shape index (κ2) is 8.67. The van der Waals surface area contributed by atoms with Crippen LogP contribution in [0.25, 0.3) is 32.3 Å². The fraction of sp³-hybridized carbons (Fsp3) is 0. The SMILES string of the molecule is N#Cc1cc(C#Cc2ccccc2)c2ccc3c(C#Cc4ccccc4)cc(C#N)c4ccc1c2c43. The van der Waals surface area contributed by atoms with Crippen molar-refractivity contribution in [2.75, 3.05) is 0 Å². The van der Waals surface area contributed by atoms with Crippen LogP contribution in [0, 0.1) is 46.3 Å². The zero-order valence-electron chi connectivity index (χ0n) is 19.1. The minimum absolute atomic E-state index is 0.563. The van der Waals surface area contributed by atoms with E-state index < -0.39 is 0 Å². The van der Waals surface area contributed by atoms with Crippen LogP contribution in [0.15, 0.2) is 97.1 Å². The molecule has 162 valence electrons. The van der Waals surface area contributed by atoms with Crippen LogP contribution in [0.3, 0.4) is 0 Å². The maximum atomic E-state index is 9.97. The predicted molar refractivity (Wildman–Crippen MR) is 144 cm³/mol. The Labute approximate surface area is 209 Å². The summed E-state index contributed by atoms with van der Waals surface area (Å²) in [5, 5.41) is 25.5. The fourth-order valence-electron chi connectivity index (χ4n) is 4.71. The molecule has 0 radical (unpaired) electrons. The molecule has 0 aliphatic heterocycles. The molecule has 0 atom stereocenters. The van der Waals surface area contributed by atoms with Gasteiger partial charge in [0.25, 0.3) is 0 Å². The van der Waals surface area contributed by atoms with Crippen molar-refractivity contribution >= 4 is 32.3 Å². The van der Waals surface area contributed by atoms with Gasteiger partial charge in [-0.1, -0.05) is 84.3 Å². The van der Waals surface area contributed by atoms with E-state index in [1.54, 1.807) is 0 Å². The van der Waals surface area contributed by atoms with Crippen LogP contribution in [0.4, 0.5) is 0 Å². The number of nitriles is 2. The molecule has 0 aliphatic rings. The van der Waals surface area contributed by atoms with E-state index >= 15 is 0 Å². The third-order valence-electron chi connectivity index (χ3n) is 6.37. The van der Waals surface area contributed by atoms with E-state index in [-0.39, 0.29) is 0 Å². The lowest BCUT2D eigenvalue weighted by molar-refractivity contribution is 1.50. The lowest BCUT2D eigenvalue weighted by Crippen LogP contribution is -1.94. The quantitative estimate of drug-likeness (QED) is 0.182. The Balaban J connectivity index is 1.69. The Kier molecular flexibility index (Phi) is 5.06. The van der Waals surface area contributed by atoms with Gasteiger partial charge in [0.1, 0.15) is 0 Å². The Hall–Kier alpha value is -5.54. The molecule has 0 spiro atoms. The molecule has 6 rings (SSSR count). The second-order valence-corrected chi connectivity index (χ2v) is 8.47. The number of benzene rings is 6. The highest BCUT2D eigenvalue weighted by molar-refractivity contribution is 6.26. The zero-order valence-corrected chi connectivity index (χ0v) is 19.1. The molecule has 0 N–H and O–H groups in total. The highest BCUT2D eigenvalue weighted by Gasteiger charge is 2.17. The van der Waals surface area contributed by atoms with Gasteiger partial charge in [-0.3, -0.25) is 0 Å². The molecule has 6 aromatic rings. The Morgan fingerprint density at radius 1 is 0.389 bits per heavy atom. The second-order valence-electron chi connectivity index (χ2n) is 8.47. The minimum atomic E-state index is 0.563. The highest BCUT2D eigenvalue weighted by atomic mass is 14.3. The number of nitrogens with zero attached hydrogens (tertiary/aromatic N) is 2. The summed E-state index contributed by atoms with van der Waals surface area (Å²) in [6.07, 6.45) is 0. The van der Waals surface area contributed by atoms with Gasteiger partial charge in [-0.15, -0.1) is 0 Å². The normalized spacial score (nSPS) is 10.3. The molecule has 0 unspecified atom stereocenters. The van der Waals surface area contributed by atoms with Gasteiger partial charge in [-0.05, 0) is 57.9 Å². The first-order valence-corrected chi connectivity index (χ1v) is 11.5. The standard InChI is InChI=1S/C34H16N2/c35-21-27-19-25(13-11-23-7-3-1-4-8-23)29-15-16-30-26(14-12-24-9-5-2-6-10-24)20-28(22-36)32-18-17-31(27)33(29)34(30)32/h1-10,15-20H. The molecule has 0 saturated carbocycles. The maximum absolute atomic E-state index is 9.97. The van der Waals surface area contributed by atoms with Gasteiger partial charge in [0.05, 0.1) is 23.3 Å². The van der Waals surface area contributed by atoms with E-state index in [0.717, 1.165) is 54.6 Å². The van der Waals surface area contributed by atoms with E-state index in [4.69, 9.17) is 0 Å². The van der Waals surface area contributed by atoms with Gasteiger partial charge in [-0.2, -0.15) is 10.5 Å². The summed E-state index contributed by atoms with van der Waals surface area (Å²) >= 11 is 0. The fourth-order valence-corrected chi connectivity index (χ4v) is 4.71. The minimum Gasteiger partial charge on any atom is -0.192 e. The van der Waals surface area contributed by atoms with Gasteiger partial charge in [-0.25, -0.2) is 0 Å². The molecule has 36 heavy (non-hydrogen) atoms. The van der Waals surface area contributed by atoms with Crippen LogP contribution in [0.5, 0.6) is 0 Å². The molecular weight excluding hydrogens is 436 g/mol. The summed E-state index contributed by atoms with van der Waals surface area (Å²) < 4.78 is 0. The van der Waals surface area contributed by atoms with Gasteiger partial charge < -0.3 is 0 Å². The van der Waals surface area contributed by atoms with E-state index in [1.807, 2.05) is 84.9 Å². The van der Waals surface area contributed by atoms with Crippen molar-refractivity contribution in [3.8, 4) is 35.8 Å². The average Bonchev–Trinajstić information content (AvgIpc) is 2.94. The summed E-state index contributed by atoms with van der Waals surface area (Å²) in [5.41, 5.74) is 4.52. The molecule has 0 aliphatic carbocycles. The summed E-state index contributed by atoms with van der Waals surface area (Å²) in [4.78, 5) is 0. The first-order valence-electron chi connectivity index (χ1n) is 11.5. The molecule has 2 heteroatoms. The highest BCUT2D eigenvalue weighted by Crippen LogP contribution is 2.40. The summed E-state index contributed by atoms with van der Waals surface area (Å²) in [6.45, 7) is 0. The largest absolute Gasteiger partial charge is 0.192 e. The molecular formula is C34H16N2. The average molecular weight is 453 g/mol. The van der Waals surface area contributed by atoms with Gasteiger partial charge >= 0.3 is 0 Å². The Morgan fingerprint density at radius 3 is 1.11 bits per heavy atom. The van der Waals surface area contributed by atoms with Crippen molar-refractivity contribution in [2.24, 2.45) is 0 Å². The van der Waals surface area contributed by atoms with Gasteiger partial charge in [0.2, 0.25) is 0 Å². The first-order chi connectivity index (χ1) is 17.8. The van der Waals surface area contributed by atoms with Crippen LogP contribution in [-0.4, -0.2) is 0 Å². The van der Waals surface area contributed by atoms with Gasteiger partial charge in [0, 0.05) is 33.0 Å². The molecule has 0 aromatic heterocycles. The van der Waals surface area contributed by atoms with Crippen molar-refractivity contribution < 1.29 is 0 Å². The molecule has 0 saturated heterocycles. The summed E-state index contributed by atoms with van der Waals surface area (Å²) in [7, 11) is 0. The van der Waals surface area contributed by atoms with Crippen LogP contribution in [-0.2, 0) is 0 Å². The van der Waals surface area contributed by atoms with Crippen molar-refractivity contribution in [3.05, 3.63) is 130 Å². The Morgan fingerprint density at radius 2 is 0.750 bits per heavy atom. The number of hydrogen-bond acceptors (Lipinski definition) is 2. The van der Waals surface area contributed by atoms with Crippen molar-refractivity contribution in [1.82, 2.24) is 0 Å². The Bertz CT molecular complexity index is 1850. The van der Waals surface area contributed by atoms with E-state index in [2.05, 4.69) is 48.0 Å². The molecule has 0 bridgehead atoms. The topological polar surface area (TPSA) is 47.6 Å². The molecule has 0 heterocycles. The molecule has 6 aromatic carbocycles. The monoisotopic (exact) mass is 452 g/mol. The lowest BCUT2D eigenvalue weighted by Gasteiger charge is -2.15. The first kappa shape index (κ1) is 21.0. The van der Waals surface area contributed by atoms with Crippen LogP contribution < -0.4 is 0 Å². The molecule has 2 nitrogen and oxygen atoms in total. The van der Waals surface area contributed by atoms with Crippen LogP contribution in [0.2, 0.25) is 0 Å². The summed E-state index contributed by atoms with van der Waals surface area (Å²) in [5.74, 6) is 13.0. The molecule has 0 fully saturated rings. The van der Waals surface area contributed by atoms with Gasteiger partial charge in [0.15, 0.2) is 0 Å². The van der Waals surface area contributed by atoms with E-state index in [1.165, 1.54) is 0 Å². The molecule has 0 amide bonds. The predicted octanol–water partition coefficient (Wildman–Crippen LogP) is 7.13. The van der Waals surface area contributed by atoms with E-state index in [0.29, 0.717) is 11.1 Å². The zero-order chi connectivity index (χ0) is 24.5. The van der Waals surface area contributed by atoms with Crippen molar-refractivity contribution in [1.29, 1.82) is 10.5 Å². The van der Waals surface area contributed by atoms with Crippen LogP contribution >= 0.6 is 0 Å². The number of hydrogen-bond donors (Lipinski definition) is 0. The third kappa shape index (κ3) is 3.49. The summed E-state index contributed by atoms with van der Waals surface area (Å²) in [6, 6.07) is 36.0. The smallest absolute Gasteiger partial charge is 0.0998 e. The van der Waals surface area contributed by atoms with Crippen LogP contribution in [0.1, 0.15) is 33.4 Å². The number of rotatable bonds is 0. The third-order valence-corrected chi connectivity index (χ3v) is 6.37. The lowest BCUT2D eigenvalue weighted by atomic mass is 9.86. The van der Waals surface area contributed by atoms with Crippen molar-refractivity contribution in [2.45, 2.75) is 0 Å².